The molecule has 8 radical (unpaired) electrons. The van der Waals surface area contributed by atoms with Crippen LogP contribution in [0.1, 0.15) is 20.7 Å². The van der Waals surface area contributed by atoms with Crippen molar-refractivity contribution in [3.05, 3.63) is 59.0 Å². The maximum absolute atomic E-state index is 12.3. The summed E-state index contributed by atoms with van der Waals surface area (Å²) in [4.78, 5) is 24.7. The molecule has 0 spiro atoms. The number of fused-ring (bicyclic) bond motifs is 2. The Hall–Kier alpha value is -0.0223. The topological polar surface area (TPSA) is 81.7 Å². The van der Waals surface area contributed by atoms with Gasteiger partial charge in [0.25, 0.3) is 0 Å². The summed E-state index contributed by atoms with van der Waals surface area (Å²) in [7, 11) is 0. The van der Waals surface area contributed by atoms with E-state index in [-0.39, 0.29) is 116 Å². The van der Waals surface area contributed by atoms with E-state index >= 15 is 0 Å². The van der Waals surface area contributed by atoms with Gasteiger partial charge >= 0.3 is 0 Å². The molecule has 0 aliphatic heterocycles. The summed E-state index contributed by atoms with van der Waals surface area (Å²) in [5.41, 5.74) is 15.8. The number of benzene rings is 1. The van der Waals surface area contributed by atoms with E-state index in [1.165, 1.54) is 12.1 Å². The molecule has 4 nitrogen and oxygen atoms in total. The maximum atomic E-state index is 12.3. The third kappa shape index (κ3) is 3.72. The number of rotatable bonds is 0. The fourth-order valence-corrected chi connectivity index (χ4v) is 2.56. The molecule has 0 heterocycles. The van der Waals surface area contributed by atoms with Crippen molar-refractivity contribution in [1.82, 2.24) is 0 Å². The number of Topliss-reactive ketones (excluding diaryl/α,β-unsaturated/α-hetero) is 2. The molecule has 0 aromatic heterocycles. The first-order valence-electron chi connectivity index (χ1n) is 5.65. The third-order valence-corrected chi connectivity index (χ3v) is 3.44. The third-order valence-electron chi connectivity index (χ3n) is 3.44. The van der Waals surface area contributed by atoms with Crippen LogP contribution in [-0.2, 0) is 65.4 Å². The fraction of sp³-hybridized carbons (Fsp3) is 0.143. The maximum Gasteiger partial charge on any atom is 0.170 e. The van der Waals surface area contributed by atoms with Crippen molar-refractivity contribution in [1.29, 1.82) is 0 Å². The summed E-state index contributed by atoms with van der Waals surface area (Å²) in [6.07, 6.45) is 6.88. The molecule has 2 N–H and O–H groups in total. The Kier molecular flexibility index (Phi) is 10.3. The van der Waals surface area contributed by atoms with Crippen LogP contribution < -0.4 is 0 Å². The molecule has 0 saturated heterocycles. The van der Waals surface area contributed by atoms with Crippen molar-refractivity contribution in [2.24, 2.45) is 11.8 Å². The van der Waals surface area contributed by atoms with E-state index in [0.717, 1.165) is 0 Å². The molecular formula is C14H10B2N2O2Y2-2. The van der Waals surface area contributed by atoms with Gasteiger partial charge in [0.1, 0.15) is 0 Å². The predicted octanol–water partition coefficient (Wildman–Crippen LogP) is 3.02. The largest absolute Gasteiger partial charge is 0.698 e. The Morgan fingerprint density at radius 3 is 1.36 bits per heavy atom. The number of ketones is 2. The van der Waals surface area contributed by atoms with E-state index in [9.17, 15) is 9.59 Å². The summed E-state index contributed by atoms with van der Waals surface area (Å²) >= 11 is 0. The molecule has 0 bridgehead atoms. The Morgan fingerprint density at radius 1 is 0.727 bits per heavy atom. The Balaban J connectivity index is 0. The summed E-state index contributed by atoms with van der Waals surface area (Å²) in [6, 6.07) is 2.80. The van der Waals surface area contributed by atoms with Crippen LogP contribution in [0, 0.1) is 11.8 Å². The first kappa shape index (κ1) is 24.2. The molecule has 0 saturated carbocycles. The van der Waals surface area contributed by atoms with Crippen molar-refractivity contribution < 1.29 is 75.0 Å². The zero-order chi connectivity index (χ0) is 12.9. The van der Waals surface area contributed by atoms with Gasteiger partial charge in [0.2, 0.25) is 0 Å². The predicted molar refractivity (Wildman–Crippen MR) is 79.8 cm³/mol. The molecule has 0 amide bonds. The average Bonchev–Trinajstić information content (AvgIpc) is 2.38. The van der Waals surface area contributed by atoms with Crippen LogP contribution in [0.15, 0.2) is 36.4 Å². The number of carbonyl (C=O) groups excluding carboxylic acids is 2. The molecule has 0 fully saturated rings. The average molecular weight is 438 g/mol. The van der Waals surface area contributed by atoms with E-state index in [1.54, 1.807) is 24.3 Å². The van der Waals surface area contributed by atoms with E-state index in [2.05, 4.69) is 0 Å². The van der Waals surface area contributed by atoms with Crippen LogP contribution >= 0.6 is 0 Å². The van der Waals surface area contributed by atoms with E-state index < -0.39 is 11.8 Å². The standard InChI is InChI=1S/C14H12N2O2.2B.2Y/c15-9-5-6-10(16)12-11(9)13(17)7-3-1-2-4-8(7)14(12)18;;;;/h1-8H,(H4,15,16,17,18);;;;/p-2. The van der Waals surface area contributed by atoms with Gasteiger partial charge in [0.05, 0.1) is 11.8 Å². The second-order valence-corrected chi connectivity index (χ2v) is 4.46. The minimum atomic E-state index is -0.513. The van der Waals surface area contributed by atoms with Crippen molar-refractivity contribution in [3.63, 3.8) is 0 Å². The van der Waals surface area contributed by atoms with Gasteiger partial charge < -0.3 is 11.5 Å². The van der Waals surface area contributed by atoms with Crippen molar-refractivity contribution in [3.8, 4) is 0 Å². The van der Waals surface area contributed by atoms with Gasteiger partial charge in [-0.1, -0.05) is 36.4 Å². The smallest absolute Gasteiger partial charge is 0.170 e. The van der Waals surface area contributed by atoms with Gasteiger partial charge in [-0.05, 0) is 0 Å². The molecule has 2 atom stereocenters. The summed E-state index contributed by atoms with van der Waals surface area (Å²) in [6.45, 7) is 0. The van der Waals surface area contributed by atoms with Crippen molar-refractivity contribution in [2.75, 3.05) is 0 Å². The molecule has 22 heavy (non-hydrogen) atoms. The molecular weight excluding hydrogens is 428 g/mol. The molecule has 102 valence electrons. The van der Waals surface area contributed by atoms with Crippen LogP contribution in [0.2, 0.25) is 0 Å². The van der Waals surface area contributed by atoms with Gasteiger partial charge in [-0.15, -0.1) is 11.4 Å². The monoisotopic (exact) mass is 438 g/mol. The van der Waals surface area contributed by atoms with Gasteiger partial charge in [-0.3, -0.25) is 9.59 Å². The Bertz CT molecular complexity index is 593. The fourth-order valence-electron chi connectivity index (χ4n) is 2.56. The molecule has 2 aliphatic rings. The number of nitrogens with one attached hydrogen (secondary N) is 2. The van der Waals surface area contributed by atoms with Crippen LogP contribution in [0.3, 0.4) is 0 Å². The zero-order valence-electron chi connectivity index (χ0n) is 11.7. The summed E-state index contributed by atoms with van der Waals surface area (Å²) in [5.74, 6) is -1.48. The number of hydrogen-bond acceptors (Lipinski definition) is 2. The van der Waals surface area contributed by atoms with E-state index in [0.29, 0.717) is 0 Å². The summed E-state index contributed by atoms with van der Waals surface area (Å²) in [5, 5.41) is 0. The van der Waals surface area contributed by atoms with Crippen LogP contribution in [-0.4, -0.2) is 28.4 Å². The molecule has 1 aromatic carbocycles. The SMILES string of the molecule is [B].[B].[NH-]c1ccc([NH-])c2c1C(=O)C1C=CC=CC1C2=O.[Y].[Y]. The minimum Gasteiger partial charge on any atom is -0.698 e. The van der Waals surface area contributed by atoms with Gasteiger partial charge in [0.15, 0.2) is 11.6 Å². The van der Waals surface area contributed by atoms with Crippen molar-refractivity contribution in [2.45, 2.75) is 0 Å². The van der Waals surface area contributed by atoms with Crippen LogP contribution in [0.4, 0.5) is 11.4 Å². The first-order chi connectivity index (χ1) is 8.61. The Morgan fingerprint density at radius 2 is 1.05 bits per heavy atom. The molecule has 3 rings (SSSR count). The number of carbonyl (C=O) groups is 2. The first-order valence-corrected chi connectivity index (χ1v) is 5.65. The Labute approximate surface area is 183 Å². The molecule has 8 heteroatoms. The van der Waals surface area contributed by atoms with Crippen LogP contribution in [0.25, 0.3) is 11.5 Å². The molecule has 2 unspecified atom stereocenters. The minimum absolute atomic E-state index is 0. The second-order valence-electron chi connectivity index (χ2n) is 4.46. The quantitative estimate of drug-likeness (QED) is 0.585. The van der Waals surface area contributed by atoms with Gasteiger partial charge in [-0.2, -0.15) is 0 Å². The van der Waals surface area contributed by atoms with Gasteiger partial charge in [-0.25, -0.2) is 0 Å². The zero-order valence-corrected chi connectivity index (χ0v) is 17.4. The summed E-state index contributed by atoms with van der Waals surface area (Å²) < 4.78 is 0. The molecule has 1 aromatic rings. The molecule has 2 aliphatic carbocycles. The second kappa shape index (κ2) is 9.32. The normalized spacial score (nSPS) is 20.4. The van der Waals surface area contributed by atoms with E-state index in [4.69, 9.17) is 11.5 Å². The van der Waals surface area contributed by atoms with Crippen molar-refractivity contribution >= 4 is 39.8 Å². The van der Waals surface area contributed by atoms with Gasteiger partial charge in [0, 0.05) is 93.4 Å². The number of allylic oxidation sites excluding steroid dienone is 4. The van der Waals surface area contributed by atoms with Crippen LogP contribution in [0.5, 0.6) is 0 Å². The van der Waals surface area contributed by atoms with E-state index in [1.807, 2.05) is 0 Å². The number of hydrogen-bond donors (Lipinski definition) is 0.